The highest BCUT2D eigenvalue weighted by Crippen LogP contribution is 2.28. The molecule has 6 nitrogen and oxygen atoms in total. The lowest BCUT2D eigenvalue weighted by Crippen LogP contribution is -2.18. The Morgan fingerprint density at radius 2 is 1.93 bits per heavy atom. The van der Waals surface area contributed by atoms with Crippen molar-refractivity contribution in [2.24, 2.45) is 4.40 Å². The lowest BCUT2D eigenvalue weighted by atomic mass is 10.1. The van der Waals surface area contributed by atoms with Gasteiger partial charge < -0.3 is 10.4 Å². The van der Waals surface area contributed by atoms with Gasteiger partial charge in [-0.3, -0.25) is 4.98 Å². The van der Waals surface area contributed by atoms with Gasteiger partial charge in [0.05, 0.1) is 10.6 Å². The Morgan fingerprint density at radius 3 is 2.63 bits per heavy atom. The molecule has 2 aromatic carbocycles. The first-order valence-corrected chi connectivity index (χ1v) is 11.3. The van der Waals surface area contributed by atoms with Crippen LogP contribution in [0.25, 0.3) is 0 Å². The van der Waals surface area contributed by atoms with E-state index in [-0.39, 0.29) is 10.6 Å². The monoisotopic (exact) mass is 421 g/mol. The van der Waals surface area contributed by atoms with E-state index in [1.165, 1.54) is 0 Å². The van der Waals surface area contributed by atoms with E-state index in [1.807, 2.05) is 37.3 Å². The van der Waals surface area contributed by atoms with Gasteiger partial charge >= 0.3 is 0 Å². The summed E-state index contributed by atoms with van der Waals surface area (Å²) < 4.78 is 29.7. The molecule has 0 spiro atoms. The third kappa shape index (κ3) is 4.27. The second-order valence-electron chi connectivity index (χ2n) is 7.26. The predicted molar refractivity (Wildman–Crippen MR) is 117 cm³/mol. The summed E-state index contributed by atoms with van der Waals surface area (Å²) in [7, 11) is -3.91. The zero-order valence-corrected chi connectivity index (χ0v) is 17.4. The number of aromatic nitrogens is 1. The van der Waals surface area contributed by atoms with E-state index in [4.69, 9.17) is 0 Å². The number of nitrogens with zero attached hydrogens (tertiary/aromatic N) is 2. The number of sulfonamides is 1. The van der Waals surface area contributed by atoms with E-state index >= 15 is 0 Å². The summed E-state index contributed by atoms with van der Waals surface area (Å²) in [4.78, 5) is 4.22. The standard InChI is InChI=1S/C23H23N3O3S/c1-2-16-5-9-20(10-6-16)30(28,29)26-23-21-13-19(8-7-18(21)12-22(23)27)25-15-17-4-3-11-24-14-17/h3-11,13-14,22,25,27H,2,12,15H2,1H3/t22-/m1/s1. The smallest absolute Gasteiger partial charge is 0.282 e. The number of hydrogen-bond donors (Lipinski definition) is 2. The van der Waals surface area contributed by atoms with E-state index in [0.29, 0.717) is 18.5 Å². The van der Waals surface area contributed by atoms with Crippen LogP contribution in [0.15, 0.2) is 76.3 Å². The van der Waals surface area contributed by atoms with Crippen LogP contribution in [0.2, 0.25) is 0 Å². The molecule has 1 atom stereocenters. The highest BCUT2D eigenvalue weighted by molar-refractivity contribution is 7.90. The molecule has 154 valence electrons. The van der Waals surface area contributed by atoms with Crippen molar-refractivity contribution >= 4 is 21.4 Å². The van der Waals surface area contributed by atoms with Gasteiger partial charge in [-0.1, -0.05) is 31.2 Å². The molecule has 0 fully saturated rings. The molecular weight excluding hydrogens is 398 g/mol. The first-order valence-electron chi connectivity index (χ1n) is 9.84. The summed E-state index contributed by atoms with van der Waals surface area (Å²) in [5.41, 5.74) is 4.64. The van der Waals surface area contributed by atoms with Gasteiger partial charge in [0.15, 0.2) is 0 Å². The molecule has 1 aromatic heterocycles. The van der Waals surface area contributed by atoms with Gasteiger partial charge in [0, 0.05) is 36.6 Å². The molecule has 0 radical (unpaired) electrons. The lowest BCUT2D eigenvalue weighted by Gasteiger charge is -2.09. The first-order chi connectivity index (χ1) is 14.5. The van der Waals surface area contributed by atoms with Crippen LogP contribution in [0.5, 0.6) is 0 Å². The SMILES string of the molecule is CCc1ccc(S(=O)(=O)N=C2c3cc(NCc4cccnc4)ccc3C[C@H]2O)cc1. The Balaban J connectivity index is 1.62. The molecule has 0 unspecified atom stereocenters. The molecule has 0 saturated carbocycles. The van der Waals surface area contributed by atoms with Gasteiger partial charge in [0.25, 0.3) is 10.0 Å². The Bertz CT molecular complexity index is 1170. The predicted octanol–water partition coefficient (Wildman–Crippen LogP) is 3.35. The molecule has 0 amide bonds. The number of benzene rings is 2. The number of anilines is 1. The van der Waals surface area contributed by atoms with E-state index in [2.05, 4.69) is 14.7 Å². The molecular formula is C23H23N3O3S. The quantitative estimate of drug-likeness (QED) is 0.637. The molecule has 1 heterocycles. The minimum Gasteiger partial charge on any atom is -0.386 e. The molecule has 3 aromatic rings. The number of aliphatic hydroxyl groups excluding tert-OH is 1. The van der Waals surface area contributed by atoms with Crippen molar-refractivity contribution in [3.05, 3.63) is 89.2 Å². The van der Waals surface area contributed by atoms with Crippen molar-refractivity contribution in [1.29, 1.82) is 0 Å². The summed E-state index contributed by atoms with van der Waals surface area (Å²) in [6, 6.07) is 16.2. The number of hydrogen-bond acceptors (Lipinski definition) is 5. The number of rotatable bonds is 6. The Morgan fingerprint density at radius 1 is 1.13 bits per heavy atom. The zero-order valence-electron chi connectivity index (χ0n) is 16.6. The highest BCUT2D eigenvalue weighted by atomic mass is 32.2. The third-order valence-corrected chi connectivity index (χ3v) is 6.49. The van der Waals surface area contributed by atoms with Crippen LogP contribution >= 0.6 is 0 Å². The summed E-state index contributed by atoms with van der Waals surface area (Å²) in [6.07, 6.45) is 3.74. The van der Waals surface area contributed by atoms with Gasteiger partial charge in [-0.25, -0.2) is 0 Å². The van der Waals surface area contributed by atoms with Crippen LogP contribution in [-0.4, -0.2) is 30.3 Å². The van der Waals surface area contributed by atoms with Crippen molar-refractivity contribution in [3.8, 4) is 0 Å². The average Bonchev–Trinajstić information content (AvgIpc) is 3.07. The topological polar surface area (TPSA) is 91.7 Å². The number of aliphatic hydroxyl groups is 1. The third-order valence-electron chi connectivity index (χ3n) is 5.18. The number of nitrogens with one attached hydrogen (secondary N) is 1. The highest BCUT2D eigenvalue weighted by Gasteiger charge is 2.29. The summed E-state index contributed by atoms with van der Waals surface area (Å²) in [6.45, 7) is 2.60. The molecule has 0 aliphatic heterocycles. The zero-order chi connectivity index (χ0) is 21.1. The molecule has 0 saturated heterocycles. The van der Waals surface area contributed by atoms with Crippen LogP contribution in [0, 0.1) is 0 Å². The summed E-state index contributed by atoms with van der Waals surface area (Å²) in [5, 5.41) is 13.8. The van der Waals surface area contributed by atoms with Crippen molar-refractivity contribution in [1.82, 2.24) is 4.98 Å². The molecule has 4 rings (SSSR count). The van der Waals surface area contributed by atoms with Crippen molar-refractivity contribution < 1.29 is 13.5 Å². The minimum atomic E-state index is -3.91. The Labute approximate surface area is 176 Å². The molecule has 2 N–H and O–H groups in total. The van der Waals surface area contributed by atoms with Gasteiger partial charge in [-0.2, -0.15) is 12.8 Å². The van der Waals surface area contributed by atoms with Gasteiger partial charge in [-0.15, -0.1) is 0 Å². The fraction of sp³-hybridized carbons (Fsp3) is 0.217. The van der Waals surface area contributed by atoms with E-state index in [1.54, 1.807) is 36.7 Å². The maximum Gasteiger partial charge on any atom is 0.282 e. The second-order valence-corrected chi connectivity index (χ2v) is 8.86. The number of fused-ring (bicyclic) bond motifs is 1. The Hall–Kier alpha value is -3.03. The maximum absolute atomic E-state index is 12.8. The molecule has 1 aliphatic rings. The van der Waals surface area contributed by atoms with Crippen LogP contribution in [0.1, 0.15) is 29.2 Å². The molecule has 1 aliphatic carbocycles. The van der Waals surface area contributed by atoms with Gasteiger partial charge in [0.1, 0.15) is 6.10 Å². The summed E-state index contributed by atoms with van der Waals surface area (Å²) >= 11 is 0. The van der Waals surface area contributed by atoms with Crippen molar-refractivity contribution in [3.63, 3.8) is 0 Å². The van der Waals surface area contributed by atoms with Crippen LogP contribution in [0.3, 0.4) is 0 Å². The molecule has 0 bridgehead atoms. The lowest BCUT2D eigenvalue weighted by molar-refractivity contribution is 0.248. The van der Waals surface area contributed by atoms with E-state index in [0.717, 1.165) is 28.8 Å². The van der Waals surface area contributed by atoms with Crippen LogP contribution in [0.4, 0.5) is 5.69 Å². The maximum atomic E-state index is 12.8. The summed E-state index contributed by atoms with van der Waals surface area (Å²) in [5.74, 6) is 0. The van der Waals surface area contributed by atoms with Crippen molar-refractivity contribution in [2.75, 3.05) is 5.32 Å². The van der Waals surface area contributed by atoms with Crippen molar-refractivity contribution in [2.45, 2.75) is 37.3 Å². The normalized spacial score (nSPS) is 17.1. The fourth-order valence-corrected chi connectivity index (χ4v) is 4.55. The van der Waals surface area contributed by atoms with Crippen LogP contribution in [-0.2, 0) is 29.4 Å². The molecule has 30 heavy (non-hydrogen) atoms. The fourth-order valence-electron chi connectivity index (χ4n) is 3.48. The molecule has 7 heteroatoms. The Kier molecular flexibility index (Phi) is 5.65. The van der Waals surface area contributed by atoms with E-state index < -0.39 is 16.1 Å². The second kappa shape index (κ2) is 8.38. The van der Waals surface area contributed by atoms with Gasteiger partial charge in [0.2, 0.25) is 0 Å². The number of pyridine rings is 1. The first kappa shape index (κ1) is 20.3. The van der Waals surface area contributed by atoms with Gasteiger partial charge in [-0.05, 0) is 53.4 Å². The average molecular weight is 422 g/mol. The van der Waals surface area contributed by atoms with Crippen LogP contribution < -0.4 is 5.32 Å². The largest absolute Gasteiger partial charge is 0.386 e. The number of aryl methyl sites for hydroxylation is 1. The minimum absolute atomic E-state index is 0.124. The van der Waals surface area contributed by atoms with E-state index in [9.17, 15) is 13.5 Å².